The lowest BCUT2D eigenvalue weighted by Crippen LogP contribution is -2.14. The number of para-hydroxylation sites is 1. The topological polar surface area (TPSA) is 108 Å². The number of amides is 1. The van der Waals surface area contributed by atoms with Crippen molar-refractivity contribution in [3.05, 3.63) is 89.1 Å². The fraction of sp³-hybridized carbons (Fsp3) is 0.0435. The highest BCUT2D eigenvalue weighted by atomic mass is 32.2. The summed E-state index contributed by atoms with van der Waals surface area (Å²) in [7, 11) is 0. The predicted molar refractivity (Wildman–Crippen MR) is 125 cm³/mol. The van der Waals surface area contributed by atoms with Gasteiger partial charge in [0.05, 0.1) is 22.3 Å². The maximum absolute atomic E-state index is 14.5. The average Bonchev–Trinajstić information content (AvgIpc) is 3.41. The Kier molecular flexibility index (Phi) is 5.49. The van der Waals surface area contributed by atoms with Gasteiger partial charge in [0.15, 0.2) is 11.0 Å². The first-order valence-electron chi connectivity index (χ1n) is 9.99. The molecule has 5 aromatic rings. The Morgan fingerprint density at radius 2 is 1.73 bits per heavy atom. The van der Waals surface area contributed by atoms with Gasteiger partial charge >= 0.3 is 5.69 Å². The van der Waals surface area contributed by atoms with Gasteiger partial charge in [0.1, 0.15) is 5.82 Å². The summed E-state index contributed by atoms with van der Waals surface area (Å²) < 4.78 is 16.2. The molecule has 2 aromatic heterocycles. The number of hydrogen-bond acceptors (Lipinski definition) is 5. The van der Waals surface area contributed by atoms with E-state index in [9.17, 15) is 14.0 Å². The molecule has 0 aliphatic carbocycles. The van der Waals surface area contributed by atoms with Crippen LogP contribution < -0.4 is 11.0 Å². The third-order valence-electron chi connectivity index (χ3n) is 4.89. The Balaban J connectivity index is 1.39. The van der Waals surface area contributed by atoms with Gasteiger partial charge in [-0.2, -0.15) is 0 Å². The third-order valence-corrected chi connectivity index (χ3v) is 5.82. The molecule has 10 heteroatoms. The zero-order valence-electron chi connectivity index (χ0n) is 17.1. The minimum atomic E-state index is -0.408. The molecule has 8 nitrogen and oxygen atoms in total. The van der Waals surface area contributed by atoms with E-state index in [0.717, 1.165) is 5.69 Å². The molecule has 0 bridgehead atoms. The maximum Gasteiger partial charge on any atom is 0.323 e. The van der Waals surface area contributed by atoms with Gasteiger partial charge in [-0.3, -0.25) is 9.36 Å². The number of nitrogens with one attached hydrogen (secondary N) is 3. The van der Waals surface area contributed by atoms with E-state index >= 15 is 0 Å². The van der Waals surface area contributed by atoms with E-state index in [1.807, 2.05) is 30.3 Å². The fourth-order valence-electron chi connectivity index (χ4n) is 3.43. The van der Waals surface area contributed by atoms with E-state index in [0.29, 0.717) is 33.3 Å². The van der Waals surface area contributed by atoms with Gasteiger partial charge in [-0.1, -0.05) is 42.1 Å². The summed E-state index contributed by atoms with van der Waals surface area (Å²) >= 11 is 1.19. The number of nitrogens with zero attached hydrogens (tertiary/aromatic N) is 3. The summed E-state index contributed by atoms with van der Waals surface area (Å²) in [6.07, 6.45) is 0. The molecular weight excluding hydrogens is 443 g/mol. The van der Waals surface area contributed by atoms with Crippen LogP contribution in [0, 0.1) is 5.82 Å². The molecule has 0 unspecified atom stereocenters. The van der Waals surface area contributed by atoms with Gasteiger partial charge in [-0.15, -0.1) is 10.2 Å². The Hall–Kier alpha value is -4.18. The van der Waals surface area contributed by atoms with Crippen molar-refractivity contribution in [3.63, 3.8) is 0 Å². The van der Waals surface area contributed by atoms with E-state index in [4.69, 9.17) is 0 Å². The second kappa shape index (κ2) is 8.75. The quantitative estimate of drug-likeness (QED) is 0.332. The number of anilines is 1. The number of H-pyrrole nitrogens is 2. The molecule has 33 heavy (non-hydrogen) atoms. The molecule has 3 aromatic carbocycles. The summed E-state index contributed by atoms with van der Waals surface area (Å²) in [4.78, 5) is 29.3. The first-order valence-corrected chi connectivity index (χ1v) is 11.0. The number of hydrogen-bond donors (Lipinski definition) is 3. The molecule has 0 fully saturated rings. The lowest BCUT2D eigenvalue weighted by molar-refractivity contribution is -0.113. The molecule has 2 heterocycles. The summed E-state index contributed by atoms with van der Waals surface area (Å²) in [5.74, 6) is -0.255. The van der Waals surface area contributed by atoms with Crippen molar-refractivity contribution >= 4 is 34.4 Å². The second-order valence-corrected chi connectivity index (χ2v) is 8.08. The van der Waals surface area contributed by atoms with Crippen molar-refractivity contribution < 1.29 is 9.18 Å². The second-order valence-electron chi connectivity index (χ2n) is 7.13. The fourth-order valence-corrected chi connectivity index (χ4v) is 4.18. The monoisotopic (exact) mass is 460 g/mol. The Bertz CT molecular complexity index is 1510. The standard InChI is InChI=1S/C23H17FN6O2S/c24-17-9-5-4-8-16(17)21-28-29-23(30(21)15-6-2-1-3-7-15)33-13-20(31)25-14-10-11-18-19(12-14)27-22(32)26-18/h1-12H,13H2,(H,25,31)(H2,26,27,32). The zero-order valence-corrected chi connectivity index (χ0v) is 17.9. The first kappa shape index (κ1) is 20.7. The van der Waals surface area contributed by atoms with E-state index in [1.165, 1.54) is 17.8 Å². The van der Waals surface area contributed by atoms with Crippen LogP contribution in [0.25, 0.3) is 28.1 Å². The van der Waals surface area contributed by atoms with Crippen molar-refractivity contribution in [1.29, 1.82) is 0 Å². The van der Waals surface area contributed by atoms with Crippen LogP contribution in [0.1, 0.15) is 0 Å². The molecule has 0 aliphatic rings. The van der Waals surface area contributed by atoms with Crippen LogP contribution in [-0.4, -0.2) is 36.4 Å². The number of aromatic amines is 2. The smallest absolute Gasteiger partial charge is 0.323 e. The van der Waals surface area contributed by atoms with Gasteiger partial charge in [0.2, 0.25) is 5.91 Å². The van der Waals surface area contributed by atoms with E-state index in [2.05, 4.69) is 25.5 Å². The lowest BCUT2D eigenvalue weighted by Gasteiger charge is -2.11. The summed E-state index contributed by atoms with van der Waals surface area (Å²) in [6.45, 7) is 0. The first-order chi connectivity index (χ1) is 16.1. The van der Waals surface area contributed by atoms with Crippen LogP contribution in [0.2, 0.25) is 0 Å². The van der Waals surface area contributed by atoms with Crippen LogP contribution in [0.4, 0.5) is 10.1 Å². The molecule has 5 rings (SSSR count). The Labute approximate surface area is 190 Å². The highest BCUT2D eigenvalue weighted by Crippen LogP contribution is 2.29. The number of benzene rings is 3. The summed E-state index contributed by atoms with van der Waals surface area (Å²) in [6, 6.07) is 20.8. The SMILES string of the molecule is O=C(CSc1nnc(-c2ccccc2F)n1-c1ccccc1)Nc1ccc2[nH]c(=O)[nH]c2c1. The molecule has 0 atom stereocenters. The average molecular weight is 460 g/mol. The number of carbonyl (C=O) groups excluding carboxylic acids is 1. The van der Waals surface area contributed by atoms with Crippen LogP contribution in [0.5, 0.6) is 0 Å². The number of rotatable bonds is 6. The highest BCUT2D eigenvalue weighted by Gasteiger charge is 2.19. The Morgan fingerprint density at radius 1 is 0.970 bits per heavy atom. The number of thioether (sulfide) groups is 1. The van der Waals surface area contributed by atoms with E-state index in [-0.39, 0.29) is 17.3 Å². The van der Waals surface area contributed by atoms with Crippen LogP contribution in [-0.2, 0) is 4.79 Å². The molecule has 0 radical (unpaired) electrons. The number of halogens is 1. The Morgan fingerprint density at radius 3 is 2.55 bits per heavy atom. The molecule has 0 spiro atoms. The number of aromatic nitrogens is 5. The van der Waals surface area contributed by atoms with Crippen molar-refractivity contribution in [2.75, 3.05) is 11.1 Å². The molecule has 3 N–H and O–H groups in total. The van der Waals surface area contributed by atoms with E-state index in [1.54, 1.807) is 41.0 Å². The molecule has 0 saturated heterocycles. The molecular formula is C23H17FN6O2S. The largest absolute Gasteiger partial charge is 0.325 e. The molecule has 164 valence electrons. The van der Waals surface area contributed by atoms with Crippen molar-refractivity contribution in [2.24, 2.45) is 0 Å². The van der Waals surface area contributed by atoms with Crippen molar-refractivity contribution in [2.45, 2.75) is 5.16 Å². The molecule has 1 amide bonds. The lowest BCUT2D eigenvalue weighted by atomic mass is 10.2. The third kappa shape index (κ3) is 4.28. The minimum Gasteiger partial charge on any atom is -0.325 e. The van der Waals surface area contributed by atoms with Crippen LogP contribution >= 0.6 is 11.8 Å². The number of imidazole rings is 1. The number of carbonyl (C=O) groups is 1. The predicted octanol–water partition coefficient (Wildman–Crippen LogP) is 3.97. The van der Waals surface area contributed by atoms with Gasteiger partial charge in [-0.05, 0) is 42.5 Å². The van der Waals surface area contributed by atoms with Gasteiger partial charge in [0.25, 0.3) is 0 Å². The summed E-state index contributed by atoms with van der Waals surface area (Å²) in [5.41, 5.74) is 2.58. The highest BCUT2D eigenvalue weighted by molar-refractivity contribution is 7.99. The number of fused-ring (bicyclic) bond motifs is 1. The molecule has 0 aliphatic heterocycles. The zero-order chi connectivity index (χ0) is 22.8. The minimum absolute atomic E-state index is 0.0595. The van der Waals surface area contributed by atoms with Gasteiger partial charge in [-0.25, -0.2) is 9.18 Å². The van der Waals surface area contributed by atoms with Gasteiger partial charge < -0.3 is 15.3 Å². The van der Waals surface area contributed by atoms with Crippen molar-refractivity contribution in [1.82, 2.24) is 24.7 Å². The van der Waals surface area contributed by atoms with Gasteiger partial charge in [0, 0.05) is 11.4 Å². The normalized spacial score (nSPS) is 11.1. The van der Waals surface area contributed by atoms with Crippen LogP contribution in [0.3, 0.4) is 0 Å². The molecule has 0 saturated carbocycles. The van der Waals surface area contributed by atoms with Crippen LogP contribution in [0.15, 0.2) is 82.7 Å². The summed E-state index contributed by atoms with van der Waals surface area (Å²) in [5, 5.41) is 11.7. The van der Waals surface area contributed by atoms with E-state index < -0.39 is 5.82 Å². The van der Waals surface area contributed by atoms with Crippen molar-refractivity contribution in [3.8, 4) is 17.1 Å². The maximum atomic E-state index is 14.5.